The molecular formula is C23H20F6N6. The van der Waals surface area contributed by atoms with E-state index in [4.69, 9.17) is 4.98 Å². The summed E-state index contributed by atoms with van der Waals surface area (Å²) in [5, 5.41) is 0. The largest absolute Gasteiger partial charge is 0.435 e. The molecule has 0 bridgehead atoms. The summed E-state index contributed by atoms with van der Waals surface area (Å²) < 4.78 is 82.5. The standard InChI is InChI=1S/C23H20F6N6/c1-13-14(2)34(11-30-13)17-9-5-7-15(32-17)21(3,4)16-8-6-10-18(33-16)35-12-31-19(22(24,25)26)20(35)23(27,28)29/h5-12H,1-4H3. The van der Waals surface area contributed by atoms with Crippen molar-refractivity contribution in [1.82, 2.24) is 29.1 Å². The van der Waals surface area contributed by atoms with E-state index in [2.05, 4.69) is 15.0 Å². The summed E-state index contributed by atoms with van der Waals surface area (Å²) >= 11 is 0. The maximum absolute atomic E-state index is 13.6. The SMILES string of the molecule is Cc1ncn(-c2cccc(C(C)(C)c3cccc(-n4cnc(C(F)(F)F)c4C(F)(F)F)n3)n2)c1C. The summed E-state index contributed by atoms with van der Waals surface area (Å²) in [5.41, 5.74) is -2.24. The Kier molecular flexibility index (Phi) is 5.73. The first-order valence-electron chi connectivity index (χ1n) is 10.4. The van der Waals surface area contributed by atoms with Crippen molar-refractivity contribution in [2.75, 3.05) is 0 Å². The van der Waals surface area contributed by atoms with Crippen molar-refractivity contribution < 1.29 is 26.3 Å². The Labute approximate surface area is 196 Å². The minimum atomic E-state index is -5.30. The molecule has 35 heavy (non-hydrogen) atoms. The van der Waals surface area contributed by atoms with E-state index in [1.807, 2.05) is 13.8 Å². The average Bonchev–Trinajstić information content (AvgIpc) is 3.38. The van der Waals surface area contributed by atoms with Crippen molar-refractivity contribution in [3.8, 4) is 11.6 Å². The quantitative estimate of drug-likeness (QED) is 0.335. The van der Waals surface area contributed by atoms with Gasteiger partial charge in [0.05, 0.1) is 17.1 Å². The number of hydrogen-bond donors (Lipinski definition) is 0. The smallest absolute Gasteiger partial charge is 0.287 e. The summed E-state index contributed by atoms with van der Waals surface area (Å²) in [5.74, 6) is 0.247. The van der Waals surface area contributed by atoms with Gasteiger partial charge in [0.2, 0.25) is 0 Å². The van der Waals surface area contributed by atoms with Gasteiger partial charge in [0, 0.05) is 11.1 Å². The van der Waals surface area contributed by atoms with Gasteiger partial charge < -0.3 is 0 Å². The zero-order valence-electron chi connectivity index (χ0n) is 19.1. The summed E-state index contributed by atoms with van der Waals surface area (Å²) in [4.78, 5) is 16.2. The van der Waals surface area contributed by atoms with E-state index in [1.54, 1.807) is 49.0 Å². The first-order valence-corrected chi connectivity index (χ1v) is 10.4. The number of aromatic nitrogens is 6. The van der Waals surface area contributed by atoms with Gasteiger partial charge in [-0.2, -0.15) is 26.3 Å². The Hall–Kier alpha value is -3.70. The fraction of sp³-hybridized carbons (Fsp3) is 0.304. The van der Waals surface area contributed by atoms with Crippen LogP contribution in [0.3, 0.4) is 0 Å². The van der Waals surface area contributed by atoms with Crippen molar-refractivity contribution in [1.29, 1.82) is 0 Å². The molecule has 12 heteroatoms. The molecule has 4 heterocycles. The van der Waals surface area contributed by atoms with Gasteiger partial charge >= 0.3 is 12.4 Å². The minimum absolute atomic E-state index is 0.309. The van der Waals surface area contributed by atoms with Crippen LogP contribution in [0.4, 0.5) is 26.3 Å². The molecule has 4 aromatic heterocycles. The highest BCUT2D eigenvalue weighted by Crippen LogP contribution is 2.40. The van der Waals surface area contributed by atoms with E-state index < -0.39 is 29.2 Å². The van der Waals surface area contributed by atoms with Crippen molar-refractivity contribution in [2.45, 2.75) is 45.5 Å². The van der Waals surface area contributed by atoms with Gasteiger partial charge in [-0.1, -0.05) is 12.1 Å². The Balaban J connectivity index is 1.80. The predicted molar refractivity (Wildman–Crippen MR) is 114 cm³/mol. The molecule has 4 aromatic rings. The van der Waals surface area contributed by atoms with Crippen LogP contribution in [0.2, 0.25) is 0 Å². The van der Waals surface area contributed by atoms with Crippen molar-refractivity contribution in [3.63, 3.8) is 0 Å². The van der Waals surface area contributed by atoms with E-state index in [0.29, 0.717) is 28.1 Å². The number of imidazole rings is 2. The monoisotopic (exact) mass is 494 g/mol. The van der Waals surface area contributed by atoms with Crippen molar-refractivity contribution in [3.05, 3.63) is 83.2 Å². The molecule has 0 saturated carbocycles. The molecule has 0 aliphatic heterocycles. The molecule has 0 aromatic carbocycles. The van der Waals surface area contributed by atoms with Crippen LogP contribution >= 0.6 is 0 Å². The van der Waals surface area contributed by atoms with Crippen LogP contribution in [0.1, 0.15) is 48.0 Å². The van der Waals surface area contributed by atoms with Gasteiger partial charge in [0.25, 0.3) is 0 Å². The van der Waals surface area contributed by atoms with E-state index in [0.717, 1.165) is 11.4 Å². The number of rotatable bonds is 4. The summed E-state index contributed by atoms with van der Waals surface area (Å²) in [7, 11) is 0. The number of alkyl halides is 6. The van der Waals surface area contributed by atoms with Crippen LogP contribution in [0.5, 0.6) is 0 Å². The third-order valence-corrected chi connectivity index (χ3v) is 5.80. The fourth-order valence-corrected chi connectivity index (χ4v) is 3.67. The maximum atomic E-state index is 13.6. The lowest BCUT2D eigenvalue weighted by Gasteiger charge is -2.25. The predicted octanol–water partition coefficient (Wildman–Crippen LogP) is 5.83. The van der Waals surface area contributed by atoms with Crippen LogP contribution in [-0.4, -0.2) is 29.1 Å². The molecule has 0 N–H and O–H groups in total. The molecule has 0 aliphatic carbocycles. The van der Waals surface area contributed by atoms with Gasteiger partial charge in [-0.15, -0.1) is 0 Å². The summed E-state index contributed by atoms with van der Waals surface area (Å²) in [6.45, 7) is 7.31. The molecule has 0 spiro atoms. The zero-order valence-corrected chi connectivity index (χ0v) is 19.1. The Morgan fingerprint density at radius 3 is 1.66 bits per heavy atom. The number of halogens is 6. The Morgan fingerprint density at radius 1 is 0.686 bits per heavy atom. The summed E-state index contributed by atoms with van der Waals surface area (Å²) in [6, 6.07) is 9.52. The lowest BCUT2D eigenvalue weighted by molar-refractivity contribution is -0.166. The second-order valence-electron chi connectivity index (χ2n) is 8.48. The van der Waals surface area contributed by atoms with Crippen LogP contribution in [0.25, 0.3) is 11.6 Å². The molecule has 0 amide bonds. The molecule has 0 aliphatic rings. The van der Waals surface area contributed by atoms with Crippen LogP contribution in [-0.2, 0) is 17.8 Å². The third-order valence-electron chi connectivity index (χ3n) is 5.80. The molecule has 0 fully saturated rings. The zero-order chi connectivity index (χ0) is 25.8. The lowest BCUT2D eigenvalue weighted by atomic mass is 9.84. The molecule has 0 atom stereocenters. The maximum Gasteiger partial charge on any atom is 0.435 e. The molecular weight excluding hydrogens is 474 g/mol. The molecule has 0 saturated heterocycles. The van der Waals surface area contributed by atoms with Gasteiger partial charge in [-0.3, -0.25) is 9.13 Å². The van der Waals surface area contributed by atoms with Crippen LogP contribution in [0.15, 0.2) is 49.1 Å². The average molecular weight is 494 g/mol. The fourth-order valence-electron chi connectivity index (χ4n) is 3.67. The minimum Gasteiger partial charge on any atom is -0.287 e. The van der Waals surface area contributed by atoms with Gasteiger partial charge in [0.1, 0.15) is 24.3 Å². The number of nitrogens with zero attached hydrogens (tertiary/aromatic N) is 6. The first-order chi connectivity index (χ1) is 16.2. The third kappa shape index (κ3) is 4.40. The summed E-state index contributed by atoms with van der Waals surface area (Å²) in [6.07, 6.45) is -8.46. The molecule has 6 nitrogen and oxygen atoms in total. The highest BCUT2D eigenvalue weighted by atomic mass is 19.4. The van der Waals surface area contributed by atoms with Crippen molar-refractivity contribution in [2.24, 2.45) is 0 Å². The highest BCUT2D eigenvalue weighted by Gasteiger charge is 2.48. The normalized spacial score (nSPS) is 12.9. The van der Waals surface area contributed by atoms with E-state index in [1.165, 1.54) is 12.1 Å². The molecule has 0 radical (unpaired) electrons. The number of hydrogen-bond acceptors (Lipinski definition) is 4. The van der Waals surface area contributed by atoms with Gasteiger partial charge in [-0.05, 0) is 52.0 Å². The van der Waals surface area contributed by atoms with Crippen LogP contribution in [0, 0.1) is 13.8 Å². The Morgan fingerprint density at radius 2 is 1.20 bits per heavy atom. The molecule has 4 rings (SSSR count). The number of pyridine rings is 2. The van der Waals surface area contributed by atoms with Gasteiger partial charge in [-0.25, -0.2) is 19.9 Å². The second kappa shape index (κ2) is 8.21. The first kappa shape index (κ1) is 24.4. The molecule has 184 valence electrons. The topological polar surface area (TPSA) is 61.4 Å². The second-order valence-corrected chi connectivity index (χ2v) is 8.48. The van der Waals surface area contributed by atoms with Gasteiger partial charge in [0.15, 0.2) is 11.4 Å². The van der Waals surface area contributed by atoms with E-state index in [-0.39, 0.29) is 5.82 Å². The Bertz CT molecular complexity index is 1380. The molecule has 0 unspecified atom stereocenters. The van der Waals surface area contributed by atoms with Crippen LogP contribution < -0.4 is 0 Å². The lowest BCUT2D eigenvalue weighted by Crippen LogP contribution is -2.24. The number of aryl methyl sites for hydroxylation is 1. The van der Waals surface area contributed by atoms with Crippen molar-refractivity contribution >= 4 is 0 Å². The highest BCUT2D eigenvalue weighted by molar-refractivity contribution is 5.39. The van der Waals surface area contributed by atoms with E-state index >= 15 is 0 Å². The van der Waals surface area contributed by atoms with E-state index in [9.17, 15) is 26.3 Å².